The molecule has 0 saturated carbocycles. The average molecular weight is 182 g/mol. The van der Waals surface area contributed by atoms with Gasteiger partial charge in [-0.1, -0.05) is 27.7 Å². The van der Waals surface area contributed by atoms with Gasteiger partial charge in [-0.25, -0.2) is 0 Å². The molecule has 1 rings (SSSR count). The summed E-state index contributed by atoms with van der Waals surface area (Å²) in [4.78, 5) is 11.1. The minimum Gasteiger partial charge on any atom is -0.378 e. The molecule has 74 valence electrons. The van der Waals surface area contributed by atoms with Crippen molar-refractivity contribution in [3.8, 4) is 0 Å². The summed E-state index contributed by atoms with van der Waals surface area (Å²) in [7, 11) is 0. The SMILES string of the molecule is CC(C)C1=C(C(C)C)NC(=O)CN1. The normalized spacial score (nSPS) is 17.8. The molecular weight excluding hydrogens is 164 g/mol. The van der Waals surface area contributed by atoms with Crippen LogP contribution in [0.5, 0.6) is 0 Å². The van der Waals surface area contributed by atoms with Gasteiger partial charge in [0.15, 0.2) is 0 Å². The van der Waals surface area contributed by atoms with Crippen LogP contribution >= 0.6 is 0 Å². The predicted molar refractivity (Wildman–Crippen MR) is 52.8 cm³/mol. The van der Waals surface area contributed by atoms with E-state index < -0.39 is 0 Å². The molecule has 1 aliphatic heterocycles. The lowest BCUT2D eigenvalue weighted by Gasteiger charge is -2.27. The Morgan fingerprint density at radius 2 is 1.62 bits per heavy atom. The van der Waals surface area contributed by atoms with Gasteiger partial charge in [0.25, 0.3) is 0 Å². The molecule has 0 aromatic heterocycles. The molecule has 3 nitrogen and oxygen atoms in total. The quantitative estimate of drug-likeness (QED) is 0.674. The van der Waals surface area contributed by atoms with E-state index in [0.29, 0.717) is 18.4 Å². The number of hydrogen-bond donors (Lipinski definition) is 2. The second-order valence-corrected chi connectivity index (χ2v) is 4.04. The second kappa shape index (κ2) is 3.81. The topological polar surface area (TPSA) is 41.1 Å². The summed E-state index contributed by atoms with van der Waals surface area (Å²) in [5, 5.41) is 6.09. The summed E-state index contributed by atoms with van der Waals surface area (Å²) >= 11 is 0. The molecule has 1 aliphatic rings. The van der Waals surface area contributed by atoms with Crippen molar-refractivity contribution in [2.75, 3.05) is 6.54 Å². The first-order valence-electron chi connectivity index (χ1n) is 4.80. The summed E-state index contributed by atoms with van der Waals surface area (Å²) in [6, 6.07) is 0. The fourth-order valence-electron chi connectivity index (χ4n) is 1.50. The second-order valence-electron chi connectivity index (χ2n) is 4.04. The Labute approximate surface area is 79.6 Å². The molecule has 2 N–H and O–H groups in total. The van der Waals surface area contributed by atoms with Crippen LogP contribution in [0.15, 0.2) is 11.4 Å². The van der Waals surface area contributed by atoms with Crippen molar-refractivity contribution < 1.29 is 4.79 Å². The van der Waals surface area contributed by atoms with Crippen LogP contribution in [0.1, 0.15) is 27.7 Å². The van der Waals surface area contributed by atoms with Gasteiger partial charge in [0, 0.05) is 11.4 Å². The van der Waals surface area contributed by atoms with Crippen molar-refractivity contribution in [3.05, 3.63) is 11.4 Å². The first-order chi connectivity index (χ1) is 6.02. The van der Waals surface area contributed by atoms with Gasteiger partial charge in [-0.2, -0.15) is 0 Å². The zero-order valence-corrected chi connectivity index (χ0v) is 8.77. The predicted octanol–water partition coefficient (Wildman–Crippen LogP) is 1.23. The number of hydrogen-bond acceptors (Lipinski definition) is 2. The van der Waals surface area contributed by atoms with Crippen LogP contribution in [-0.2, 0) is 4.79 Å². The molecule has 0 aromatic rings. The minimum absolute atomic E-state index is 0.0631. The van der Waals surface area contributed by atoms with E-state index in [2.05, 4.69) is 38.3 Å². The Bertz CT molecular complexity index is 241. The average Bonchev–Trinajstić information content (AvgIpc) is 2.03. The minimum atomic E-state index is 0.0631. The number of carbonyl (C=O) groups is 1. The lowest BCUT2D eigenvalue weighted by atomic mass is 10.00. The van der Waals surface area contributed by atoms with E-state index in [1.807, 2.05) is 0 Å². The number of rotatable bonds is 2. The lowest BCUT2D eigenvalue weighted by Crippen LogP contribution is -2.43. The molecule has 0 aliphatic carbocycles. The maximum atomic E-state index is 11.1. The maximum Gasteiger partial charge on any atom is 0.243 e. The number of amides is 1. The van der Waals surface area contributed by atoms with E-state index in [9.17, 15) is 4.79 Å². The number of allylic oxidation sites excluding steroid dienone is 2. The monoisotopic (exact) mass is 182 g/mol. The van der Waals surface area contributed by atoms with Crippen LogP contribution in [0.4, 0.5) is 0 Å². The lowest BCUT2D eigenvalue weighted by molar-refractivity contribution is -0.120. The smallest absolute Gasteiger partial charge is 0.243 e. The highest BCUT2D eigenvalue weighted by atomic mass is 16.2. The zero-order chi connectivity index (χ0) is 10.0. The highest BCUT2D eigenvalue weighted by molar-refractivity contribution is 5.81. The summed E-state index contributed by atoms with van der Waals surface area (Å²) in [5.74, 6) is 0.875. The van der Waals surface area contributed by atoms with E-state index in [4.69, 9.17) is 0 Å². The van der Waals surface area contributed by atoms with Gasteiger partial charge in [0.1, 0.15) is 0 Å². The van der Waals surface area contributed by atoms with E-state index >= 15 is 0 Å². The molecule has 0 unspecified atom stereocenters. The van der Waals surface area contributed by atoms with Crippen LogP contribution in [-0.4, -0.2) is 12.5 Å². The molecular formula is C10H18N2O. The highest BCUT2D eigenvalue weighted by Gasteiger charge is 2.20. The summed E-state index contributed by atoms with van der Waals surface area (Å²) in [6.45, 7) is 8.84. The van der Waals surface area contributed by atoms with E-state index in [0.717, 1.165) is 5.70 Å². The van der Waals surface area contributed by atoms with Crippen molar-refractivity contribution in [3.63, 3.8) is 0 Å². The standard InChI is InChI=1S/C10H18N2O/c1-6(2)9-10(7(3)4)12-8(13)5-11-9/h6-7,11H,5H2,1-4H3,(H,12,13). The number of nitrogens with one attached hydrogen (secondary N) is 2. The van der Waals surface area contributed by atoms with Crippen molar-refractivity contribution in [2.45, 2.75) is 27.7 Å². The van der Waals surface area contributed by atoms with Crippen LogP contribution in [0.25, 0.3) is 0 Å². The van der Waals surface area contributed by atoms with Gasteiger partial charge >= 0.3 is 0 Å². The highest BCUT2D eigenvalue weighted by Crippen LogP contribution is 2.18. The van der Waals surface area contributed by atoms with Crippen molar-refractivity contribution in [1.29, 1.82) is 0 Å². The van der Waals surface area contributed by atoms with Crippen LogP contribution < -0.4 is 10.6 Å². The van der Waals surface area contributed by atoms with Gasteiger partial charge in [0.2, 0.25) is 5.91 Å². The molecule has 3 heteroatoms. The molecule has 0 bridgehead atoms. The van der Waals surface area contributed by atoms with Crippen molar-refractivity contribution >= 4 is 5.91 Å². The first-order valence-corrected chi connectivity index (χ1v) is 4.80. The fraction of sp³-hybridized carbons (Fsp3) is 0.700. The third kappa shape index (κ3) is 2.23. The Balaban J connectivity index is 2.93. The third-order valence-electron chi connectivity index (χ3n) is 2.16. The molecule has 13 heavy (non-hydrogen) atoms. The Kier molecular flexibility index (Phi) is 2.96. The van der Waals surface area contributed by atoms with Crippen molar-refractivity contribution in [2.24, 2.45) is 11.8 Å². The van der Waals surface area contributed by atoms with Gasteiger partial charge in [-0.3, -0.25) is 4.79 Å². The molecule has 1 amide bonds. The Hall–Kier alpha value is -0.990. The molecule has 1 heterocycles. The maximum absolute atomic E-state index is 11.1. The Morgan fingerprint density at radius 3 is 2.08 bits per heavy atom. The van der Waals surface area contributed by atoms with Crippen LogP contribution in [0, 0.1) is 11.8 Å². The summed E-state index contributed by atoms with van der Waals surface area (Å²) in [6.07, 6.45) is 0. The first kappa shape index (κ1) is 10.1. The molecule has 0 aromatic carbocycles. The van der Waals surface area contributed by atoms with Crippen LogP contribution in [0.3, 0.4) is 0 Å². The number of carbonyl (C=O) groups excluding carboxylic acids is 1. The van der Waals surface area contributed by atoms with E-state index in [1.54, 1.807) is 0 Å². The zero-order valence-electron chi connectivity index (χ0n) is 8.77. The molecule has 0 spiro atoms. The molecule has 0 saturated heterocycles. The third-order valence-corrected chi connectivity index (χ3v) is 2.16. The van der Waals surface area contributed by atoms with E-state index in [1.165, 1.54) is 5.70 Å². The van der Waals surface area contributed by atoms with Gasteiger partial charge in [-0.05, 0) is 11.8 Å². The molecule has 0 atom stereocenters. The van der Waals surface area contributed by atoms with Crippen molar-refractivity contribution in [1.82, 2.24) is 10.6 Å². The summed E-state index contributed by atoms with van der Waals surface area (Å²) < 4.78 is 0. The van der Waals surface area contributed by atoms with E-state index in [-0.39, 0.29) is 5.91 Å². The van der Waals surface area contributed by atoms with Gasteiger partial charge in [-0.15, -0.1) is 0 Å². The van der Waals surface area contributed by atoms with Gasteiger partial charge < -0.3 is 10.6 Å². The molecule has 0 radical (unpaired) electrons. The summed E-state index contributed by atoms with van der Waals surface area (Å²) in [5.41, 5.74) is 2.22. The fourth-order valence-corrected chi connectivity index (χ4v) is 1.50. The van der Waals surface area contributed by atoms with Crippen LogP contribution in [0.2, 0.25) is 0 Å². The Morgan fingerprint density at radius 1 is 1.08 bits per heavy atom. The molecule has 0 fully saturated rings. The van der Waals surface area contributed by atoms with Gasteiger partial charge in [0.05, 0.1) is 6.54 Å². The largest absolute Gasteiger partial charge is 0.378 e.